The molecular weight excluding hydrogens is 302 g/mol. The molecule has 0 aromatic heterocycles. The number of rotatable bonds is 0. The van der Waals surface area contributed by atoms with Crippen molar-refractivity contribution in [3.05, 3.63) is 13.8 Å². The van der Waals surface area contributed by atoms with E-state index in [2.05, 4.69) is 48.3 Å². The molecule has 70 valence electrons. The van der Waals surface area contributed by atoms with Gasteiger partial charge in [-0.2, -0.15) is 11.8 Å². The van der Waals surface area contributed by atoms with E-state index in [1.807, 2.05) is 0 Å². The quantitative estimate of drug-likeness (QED) is 0.495. The van der Waals surface area contributed by atoms with E-state index in [0.29, 0.717) is 11.8 Å². The molecule has 0 aliphatic heterocycles. The molecule has 0 saturated carbocycles. The fourth-order valence-electron chi connectivity index (χ4n) is 0. The second kappa shape index (κ2) is 29.3. The van der Waals surface area contributed by atoms with Crippen LogP contribution in [-0.4, -0.2) is 6.79 Å². The van der Waals surface area contributed by atoms with Crippen LogP contribution in [0.4, 0.5) is 0 Å². The minimum absolute atomic E-state index is 0. The molecule has 0 aromatic rings. The van der Waals surface area contributed by atoms with Crippen molar-refractivity contribution in [3.8, 4) is 0 Å². The first-order valence-corrected chi connectivity index (χ1v) is 3.36. The summed E-state index contributed by atoms with van der Waals surface area (Å²) in [6.07, 6.45) is 0. The van der Waals surface area contributed by atoms with Crippen LogP contribution in [-0.2, 0) is 70.2 Å². The van der Waals surface area contributed by atoms with E-state index in [4.69, 9.17) is 4.79 Å². The summed E-state index contributed by atoms with van der Waals surface area (Å²) in [5.41, 5.74) is 0. The van der Waals surface area contributed by atoms with Crippen LogP contribution in [0, 0.1) is 25.7 Å². The van der Waals surface area contributed by atoms with Crippen LogP contribution in [0.1, 0.15) is 27.7 Å². The van der Waals surface area contributed by atoms with Gasteiger partial charge >= 0.3 is 0 Å². The summed E-state index contributed by atoms with van der Waals surface area (Å²) >= 11 is 0. The van der Waals surface area contributed by atoms with Crippen molar-refractivity contribution in [3.63, 3.8) is 0 Å². The van der Waals surface area contributed by atoms with E-state index in [1.54, 1.807) is 0 Å². The molecule has 0 aliphatic rings. The van der Waals surface area contributed by atoms with Gasteiger partial charge in [0, 0.05) is 65.4 Å². The first-order chi connectivity index (χ1) is 4.46. The van der Waals surface area contributed by atoms with Gasteiger partial charge in [0.1, 0.15) is 0 Å². The maximum atomic E-state index is 7.75. The average molecular weight is 321 g/mol. The summed E-state index contributed by atoms with van der Waals surface area (Å²) in [5.74, 6) is 1.17. The Morgan fingerprint density at radius 1 is 0.833 bits per heavy atom. The molecule has 0 rings (SSSR count). The Kier molecular flexibility index (Phi) is 71.2. The third-order valence-electron chi connectivity index (χ3n) is 0. The largest absolute Gasteiger partial charge is 0.545 e. The van der Waals surface area contributed by atoms with Crippen LogP contribution < -0.4 is 0 Å². The van der Waals surface area contributed by atoms with E-state index >= 15 is 0 Å². The first-order valence-electron chi connectivity index (χ1n) is 3.36. The maximum Gasteiger partial charge on any atom is 0 e. The third-order valence-corrected chi connectivity index (χ3v) is 0. The van der Waals surface area contributed by atoms with E-state index in [9.17, 15) is 0 Å². The molecule has 3 heteroatoms. The summed E-state index contributed by atoms with van der Waals surface area (Å²) in [5, 5.41) is 0. The predicted molar refractivity (Wildman–Crippen MR) is 47.1 cm³/mol. The van der Waals surface area contributed by atoms with Gasteiger partial charge in [-0.3, -0.25) is 6.79 Å². The molecule has 1 nitrogen and oxygen atoms in total. The zero-order valence-electron chi connectivity index (χ0n) is 8.71. The van der Waals surface area contributed by atoms with Crippen molar-refractivity contribution in [2.45, 2.75) is 27.7 Å². The van der Waals surface area contributed by atoms with Crippen molar-refractivity contribution in [2.75, 3.05) is 0 Å². The molecule has 0 unspecified atom stereocenters. The summed E-state index contributed by atoms with van der Waals surface area (Å²) < 4.78 is 0. The molecule has 0 fully saturated rings. The van der Waals surface area contributed by atoms with Gasteiger partial charge in [-0.05, 0) is 0 Å². The Morgan fingerprint density at radius 2 is 0.833 bits per heavy atom. The second-order valence-corrected chi connectivity index (χ2v) is 2.79. The van der Waals surface area contributed by atoms with E-state index in [0.717, 1.165) is 0 Å². The molecule has 0 atom stereocenters. The number of hydrogen-bond donors (Lipinski definition) is 0. The molecular formula is C9H19OY2-3. The van der Waals surface area contributed by atoms with Crippen LogP contribution in [0.3, 0.4) is 0 Å². The SMILES string of the molecule is [CH-]=O.[CH2-]C(C)C.[CH2-]C(C)C.[Y].[Y]. The smallest absolute Gasteiger partial charge is 0 e. The predicted octanol–water partition coefficient (Wildman–Crippen LogP) is 2.67. The summed E-state index contributed by atoms with van der Waals surface area (Å²) in [6.45, 7) is 18.8. The van der Waals surface area contributed by atoms with Crippen molar-refractivity contribution in [1.29, 1.82) is 0 Å². The fraction of sp³-hybridized carbons (Fsp3) is 0.667. The molecule has 0 amide bonds. The fourth-order valence-corrected chi connectivity index (χ4v) is 0. The van der Waals surface area contributed by atoms with Gasteiger partial charge in [0.25, 0.3) is 0 Å². The minimum Gasteiger partial charge on any atom is -0.545 e. The molecule has 0 bridgehead atoms. The van der Waals surface area contributed by atoms with Gasteiger partial charge in [-0.25, -0.2) is 0 Å². The van der Waals surface area contributed by atoms with Gasteiger partial charge in [-0.15, -0.1) is 0 Å². The normalized spacial score (nSPS) is 6.33. The first kappa shape index (κ1) is 29.2. The Balaban J connectivity index is -0.0000000198. The maximum absolute atomic E-state index is 7.75. The van der Waals surface area contributed by atoms with Gasteiger partial charge in [0.05, 0.1) is 0 Å². The van der Waals surface area contributed by atoms with E-state index < -0.39 is 0 Å². The van der Waals surface area contributed by atoms with Gasteiger partial charge in [0.2, 0.25) is 0 Å². The average Bonchev–Trinajstić information content (AvgIpc) is 1.66. The minimum atomic E-state index is 0. The van der Waals surface area contributed by atoms with Gasteiger partial charge < -0.3 is 18.6 Å². The van der Waals surface area contributed by atoms with Gasteiger partial charge in [-0.1, -0.05) is 27.7 Å². The molecule has 0 heterocycles. The molecule has 12 heavy (non-hydrogen) atoms. The Labute approximate surface area is 129 Å². The zero-order valence-corrected chi connectivity index (χ0v) is 14.4. The standard InChI is InChI=1S/2C4H9.CHO.2Y/c2*1-4(2)3;1-2;;/h2*4H,1H2,2-3H3;1H;;/q3*-1;;. The molecule has 0 spiro atoms. The number of hydrogen-bond acceptors (Lipinski definition) is 1. The van der Waals surface area contributed by atoms with Crippen LogP contribution in [0.25, 0.3) is 0 Å². The Hall–Kier alpha value is 1.88. The van der Waals surface area contributed by atoms with E-state index in [1.165, 1.54) is 0 Å². The molecule has 0 aliphatic carbocycles. The summed E-state index contributed by atoms with van der Waals surface area (Å²) in [7, 11) is 0. The van der Waals surface area contributed by atoms with Crippen LogP contribution in [0.2, 0.25) is 0 Å². The van der Waals surface area contributed by atoms with Crippen molar-refractivity contribution >= 4 is 6.79 Å². The molecule has 2 radical (unpaired) electrons. The molecule has 0 saturated heterocycles. The van der Waals surface area contributed by atoms with Crippen LogP contribution >= 0.6 is 0 Å². The van der Waals surface area contributed by atoms with Crippen molar-refractivity contribution < 1.29 is 70.2 Å². The molecule has 0 aromatic carbocycles. The second-order valence-electron chi connectivity index (χ2n) is 2.79. The van der Waals surface area contributed by atoms with Crippen molar-refractivity contribution in [1.82, 2.24) is 0 Å². The summed E-state index contributed by atoms with van der Waals surface area (Å²) in [4.78, 5) is 7.75. The van der Waals surface area contributed by atoms with Crippen molar-refractivity contribution in [2.24, 2.45) is 11.8 Å². The monoisotopic (exact) mass is 321 g/mol. The number of carbonyl (C=O) groups excluding carboxylic acids is 1. The Bertz CT molecular complexity index is 36.3. The van der Waals surface area contributed by atoms with Gasteiger partial charge in [0.15, 0.2) is 0 Å². The third kappa shape index (κ3) is 399. The topological polar surface area (TPSA) is 17.1 Å². The van der Waals surface area contributed by atoms with Crippen LogP contribution in [0.15, 0.2) is 0 Å². The van der Waals surface area contributed by atoms with E-state index in [-0.39, 0.29) is 65.4 Å². The van der Waals surface area contributed by atoms with Crippen LogP contribution in [0.5, 0.6) is 0 Å². The molecule has 0 N–H and O–H groups in total. The summed E-state index contributed by atoms with van der Waals surface area (Å²) in [6, 6.07) is 0. The zero-order chi connectivity index (χ0) is 9.15. The Morgan fingerprint density at radius 3 is 0.833 bits per heavy atom.